The number of rotatable bonds is 4. The van der Waals surface area contributed by atoms with Gasteiger partial charge in [0.2, 0.25) is 4.77 Å². The zero-order valence-electron chi connectivity index (χ0n) is 12.2. The van der Waals surface area contributed by atoms with Crippen LogP contribution in [0.25, 0.3) is 11.4 Å². The number of phenolic OH excluding ortho intramolecular Hbond substituents is 1. The van der Waals surface area contributed by atoms with Crippen LogP contribution in [-0.2, 0) is 0 Å². The number of benzene rings is 1. The van der Waals surface area contributed by atoms with E-state index in [0.717, 1.165) is 11.1 Å². The predicted molar refractivity (Wildman–Crippen MR) is 88.3 cm³/mol. The van der Waals surface area contributed by atoms with Gasteiger partial charge in [0.1, 0.15) is 0 Å². The molecule has 2 heterocycles. The number of aromatic hydroxyl groups is 1. The molecule has 23 heavy (non-hydrogen) atoms. The highest BCUT2D eigenvalue weighted by molar-refractivity contribution is 7.71. The van der Waals surface area contributed by atoms with Gasteiger partial charge in [0.25, 0.3) is 0 Å². The second kappa shape index (κ2) is 6.41. The third-order valence-corrected chi connectivity index (χ3v) is 3.36. The molecule has 2 N–H and O–H groups in total. The number of methoxy groups -OCH3 is 1. The van der Waals surface area contributed by atoms with Crippen LogP contribution in [0.5, 0.6) is 11.5 Å². The minimum absolute atomic E-state index is 0.0700. The van der Waals surface area contributed by atoms with Crippen molar-refractivity contribution in [3.8, 4) is 22.9 Å². The van der Waals surface area contributed by atoms with Gasteiger partial charge in [0.05, 0.1) is 13.3 Å². The van der Waals surface area contributed by atoms with Crippen molar-refractivity contribution in [2.75, 3.05) is 7.11 Å². The minimum atomic E-state index is 0.0700. The van der Waals surface area contributed by atoms with Gasteiger partial charge in [-0.1, -0.05) is 0 Å². The fourth-order valence-corrected chi connectivity index (χ4v) is 2.16. The van der Waals surface area contributed by atoms with E-state index in [2.05, 4.69) is 20.3 Å². The molecule has 0 bridgehead atoms. The Labute approximate surface area is 136 Å². The van der Waals surface area contributed by atoms with Crippen molar-refractivity contribution in [2.45, 2.75) is 0 Å². The van der Waals surface area contributed by atoms with Gasteiger partial charge in [-0.05, 0) is 48.1 Å². The van der Waals surface area contributed by atoms with Crippen LogP contribution in [0.1, 0.15) is 5.56 Å². The molecule has 116 valence electrons. The molecule has 0 aliphatic rings. The lowest BCUT2D eigenvalue weighted by Gasteiger charge is -2.04. The van der Waals surface area contributed by atoms with E-state index in [1.54, 1.807) is 30.7 Å². The van der Waals surface area contributed by atoms with Crippen molar-refractivity contribution < 1.29 is 9.84 Å². The van der Waals surface area contributed by atoms with Crippen molar-refractivity contribution in [3.63, 3.8) is 0 Å². The van der Waals surface area contributed by atoms with Gasteiger partial charge in [-0.15, -0.1) is 0 Å². The molecule has 7 nitrogen and oxygen atoms in total. The largest absolute Gasteiger partial charge is 0.504 e. The smallest absolute Gasteiger partial charge is 0.216 e. The average Bonchev–Trinajstić information content (AvgIpc) is 2.95. The molecule has 0 spiro atoms. The Kier molecular flexibility index (Phi) is 4.15. The Morgan fingerprint density at radius 2 is 2.26 bits per heavy atom. The van der Waals surface area contributed by atoms with Crippen LogP contribution in [0.2, 0.25) is 0 Å². The van der Waals surface area contributed by atoms with Crippen LogP contribution in [0, 0.1) is 4.77 Å². The van der Waals surface area contributed by atoms with Gasteiger partial charge < -0.3 is 9.84 Å². The molecular formula is C15H13N5O2S. The maximum atomic E-state index is 9.61. The summed E-state index contributed by atoms with van der Waals surface area (Å²) in [7, 11) is 1.49. The summed E-state index contributed by atoms with van der Waals surface area (Å²) < 4.78 is 6.95. The SMILES string of the molecule is COc1cc(/C=N/n2c(-c3cccnc3)n[nH]c2=S)ccc1O. The van der Waals surface area contributed by atoms with Gasteiger partial charge in [-0.3, -0.25) is 4.98 Å². The summed E-state index contributed by atoms with van der Waals surface area (Å²) in [6.45, 7) is 0. The van der Waals surface area contributed by atoms with Gasteiger partial charge >= 0.3 is 0 Å². The first kappa shape index (κ1) is 14.9. The van der Waals surface area contributed by atoms with E-state index in [1.807, 2.05) is 12.1 Å². The monoisotopic (exact) mass is 327 g/mol. The number of nitrogens with one attached hydrogen (secondary N) is 1. The lowest BCUT2D eigenvalue weighted by molar-refractivity contribution is 0.373. The molecule has 1 aromatic carbocycles. The molecule has 3 rings (SSSR count). The van der Waals surface area contributed by atoms with Gasteiger partial charge in [-0.25, -0.2) is 5.10 Å². The zero-order valence-corrected chi connectivity index (χ0v) is 13.0. The standard InChI is InChI=1S/C15H13N5O2S/c1-22-13-7-10(4-5-12(13)21)8-17-20-14(18-19-15(20)23)11-3-2-6-16-9-11/h2-9,21H,1H3,(H,19,23)/b17-8+. The quantitative estimate of drug-likeness (QED) is 0.568. The molecule has 0 saturated heterocycles. The first-order valence-corrected chi connectivity index (χ1v) is 7.09. The number of aromatic amines is 1. The molecule has 0 radical (unpaired) electrons. The fraction of sp³-hybridized carbons (Fsp3) is 0.0667. The van der Waals surface area contributed by atoms with Crippen LogP contribution < -0.4 is 4.74 Å². The number of H-pyrrole nitrogens is 1. The number of nitrogens with zero attached hydrogens (tertiary/aromatic N) is 4. The third-order valence-electron chi connectivity index (χ3n) is 3.10. The topological polar surface area (TPSA) is 88.3 Å². The van der Waals surface area contributed by atoms with Crippen LogP contribution in [-0.4, -0.2) is 38.3 Å². The molecule has 0 fully saturated rings. The van der Waals surface area contributed by atoms with Crippen LogP contribution in [0.3, 0.4) is 0 Å². The Hall–Kier alpha value is -3.00. The van der Waals surface area contributed by atoms with E-state index in [-0.39, 0.29) is 5.75 Å². The van der Waals surface area contributed by atoms with Crippen molar-refractivity contribution in [1.82, 2.24) is 19.9 Å². The summed E-state index contributed by atoms with van der Waals surface area (Å²) in [5.74, 6) is 1.00. The molecule has 0 unspecified atom stereocenters. The van der Waals surface area contributed by atoms with Gasteiger partial charge in [-0.2, -0.15) is 14.9 Å². The summed E-state index contributed by atoms with van der Waals surface area (Å²) >= 11 is 5.20. The summed E-state index contributed by atoms with van der Waals surface area (Å²) in [4.78, 5) is 4.06. The Bertz CT molecular complexity index is 902. The lowest BCUT2D eigenvalue weighted by Crippen LogP contribution is -1.95. The molecule has 2 aromatic heterocycles. The predicted octanol–water partition coefficient (Wildman–Crippen LogP) is 2.60. The van der Waals surface area contributed by atoms with Crippen molar-refractivity contribution in [2.24, 2.45) is 5.10 Å². The highest BCUT2D eigenvalue weighted by Crippen LogP contribution is 2.25. The molecule has 8 heteroatoms. The molecular weight excluding hydrogens is 314 g/mol. The van der Waals surface area contributed by atoms with E-state index < -0.39 is 0 Å². The maximum Gasteiger partial charge on any atom is 0.216 e. The Morgan fingerprint density at radius 3 is 3.00 bits per heavy atom. The number of hydrogen-bond donors (Lipinski definition) is 2. The molecule has 0 aliphatic carbocycles. The lowest BCUT2D eigenvalue weighted by atomic mass is 10.2. The average molecular weight is 327 g/mol. The molecule has 3 aromatic rings. The number of pyridine rings is 1. The second-order valence-electron chi connectivity index (χ2n) is 4.58. The normalized spacial score (nSPS) is 11.0. The Balaban J connectivity index is 1.98. The van der Waals surface area contributed by atoms with Crippen molar-refractivity contribution in [3.05, 3.63) is 53.1 Å². The van der Waals surface area contributed by atoms with Crippen LogP contribution in [0.15, 0.2) is 47.8 Å². The third kappa shape index (κ3) is 3.11. The maximum absolute atomic E-state index is 9.61. The zero-order chi connectivity index (χ0) is 16.2. The number of phenols is 1. The van der Waals surface area contributed by atoms with Crippen molar-refractivity contribution >= 4 is 18.4 Å². The van der Waals surface area contributed by atoms with E-state index in [9.17, 15) is 5.11 Å². The van der Waals surface area contributed by atoms with Gasteiger partial charge in [0, 0.05) is 18.0 Å². The molecule has 0 aliphatic heterocycles. The van der Waals surface area contributed by atoms with Crippen LogP contribution in [0.4, 0.5) is 0 Å². The minimum Gasteiger partial charge on any atom is -0.504 e. The summed E-state index contributed by atoms with van der Waals surface area (Å²) in [6, 6.07) is 8.61. The number of hydrogen-bond acceptors (Lipinski definition) is 6. The van der Waals surface area contributed by atoms with Crippen molar-refractivity contribution in [1.29, 1.82) is 0 Å². The van der Waals surface area contributed by atoms with E-state index >= 15 is 0 Å². The highest BCUT2D eigenvalue weighted by Gasteiger charge is 2.08. The van der Waals surface area contributed by atoms with Crippen LogP contribution >= 0.6 is 12.2 Å². The van der Waals surface area contributed by atoms with E-state index in [4.69, 9.17) is 17.0 Å². The first-order valence-electron chi connectivity index (χ1n) is 6.68. The highest BCUT2D eigenvalue weighted by atomic mass is 32.1. The summed E-state index contributed by atoms with van der Waals surface area (Å²) in [5.41, 5.74) is 1.54. The molecule has 0 amide bonds. The van der Waals surface area contributed by atoms with E-state index in [0.29, 0.717) is 16.3 Å². The molecule has 0 atom stereocenters. The van der Waals surface area contributed by atoms with E-state index in [1.165, 1.54) is 17.9 Å². The Morgan fingerprint density at radius 1 is 1.39 bits per heavy atom. The van der Waals surface area contributed by atoms with Gasteiger partial charge in [0.15, 0.2) is 17.3 Å². The first-order chi connectivity index (χ1) is 11.2. The molecule has 0 saturated carbocycles. The second-order valence-corrected chi connectivity index (χ2v) is 4.97. The fourth-order valence-electron chi connectivity index (χ4n) is 1.98. The number of aromatic nitrogens is 4. The summed E-state index contributed by atoms with van der Waals surface area (Å²) in [6.07, 6.45) is 4.97. The summed E-state index contributed by atoms with van der Waals surface area (Å²) in [5, 5.41) is 20.8. The number of ether oxygens (including phenoxy) is 1.